The van der Waals surface area contributed by atoms with Crippen LogP contribution in [0.25, 0.3) is 0 Å². The highest BCUT2D eigenvalue weighted by molar-refractivity contribution is 9.26. The van der Waals surface area contributed by atoms with Gasteiger partial charge >= 0.3 is 0 Å². The third-order valence-electron chi connectivity index (χ3n) is 1.24. The van der Waals surface area contributed by atoms with Gasteiger partial charge < -0.3 is 0 Å². The molecule has 0 saturated carbocycles. The first-order chi connectivity index (χ1) is 4.56. The molecular formula is C8H17BrSi. The number of allylic oxidation sites excluding steroid dienone is 1. The third-order valence-corrected chi connectivity index (χ3v) is 3.06. The predicted octanol–water partition coefficient (Wildman–Crippen LogP) is 3.87. The number of hydrogen-bond donors (Lipinski definition) is 0. The standard InChI is InChI=1S/C8H17BrSi/c1-4-5-6-7-8-10(2,3)9/h7-8H,4-6H2,1-3H3. The number of halogens is 1. The first-order valence-electron chi connectivity index (χ1n) is 3.93. The monoisotopic (exact) mass is 220 g/mol. The van der Waals surface area contributed by atoms with E-state index in [1.165, 1.54) is 19.3 Å². The molecule has 60 valence electrons. The Balaban J connectivity index is 3.37. The summed E-state index contributed by atoms with van der Waals surface area (Å²) in [6.07, 6.45) is 6.19. The van der Waals surface area contributed by atoms with Gasteiger partial charge in [0.05, 0.1) is 0 Å². The zero-order valence-electron chi connectivity index (χ0n) is 7.15. The van der Waals surface area contributed by atoms with Crippen LogP contribution in [-0.2, 0) is 0 Å². The van der Waals surface area contributed by atoms with Crippen molar-refractivity contribution >= 4 is 22.0 Å². The van der Waals surface area contributed by atoms with Crippen molar-refractivity contribution in [1.29, 1.82) is 0 Å². The van der Waals surface area contributed by atoms with E-state index in [0.29, 0.717) is 0 Å². The van der Waals surface area contributed by atoms with Crippen molar-refractivity contribution in [1.82, 2.24) is 0 Å². The van der Waals surface area contributed by atoms with Crippen molar-refractivity contribution in [2.75, 3.05) is 0 Å². The van der Waals surface area contributed by atoms with Crippen molar-refractivity contribution in [3.63, 3.8) is 0 Å². The summed E-state index contributed by atoms with van der Waals surface area (Å²) >= 11 is 3.68. The van der Waals surface area contributed by atoms with Gasteiger partial charge in [-0.05, 0) is 6.42 Å². The fraction of sp³-hybridized carbons (Fsp3) is 0.750. The van der Waals surface area contributed by atoms with E-state index in [4.69, 9.17) is 0 Å². The summed E-state index contributed by atoms with van der Waals surface area (Å²) < 4.78 is 0. The van der Waals surface area contributed by atoms with Gasteiger partial charge in [0.15, 0.2) is 0 Å². The van der Waals surface area contributed by atoms with Crippen LogP contribution < -0.4 is 0 Å². The first-order valence-corrected chi connectivity index (χ1v) is 9.26. The summed E-state index contributed by atoms with van der Waals surface area (Å²) in [5.41, 5.74) is 2.35. The maximum Gasteiger partial charge on any atom is 0.147 e. The maximum absolute atomic E-state index is 3.68. The molecule has 0 unspecified atom stereocenters. The van der Waals surface area contributed by atoms with Gasteiger partial charge in [0, 0.05) is 0 Å². The van der Waals surface area contributed by atoms with Crippen LogP contribution >= 0.6 is 15.3 Å². The molecule has 0 aromatic rings. The van der Waals surface area contributed by atoms with Crippen LogP contribution in [-0.4, -0.2) is 6.69 Å². The molecular weight excluding hydrogens is 204 g/mol. The predicted molar refractivity (Wildman–Crippen MR) is 55.1 cm³/mol. The van der Waals surface area contributed by atoms with E-state index in [2.05, 4.69) is 47.1 Å². The minimum absolute atomic E-state index is 1.08. The largest absolute Gasteiger partial charge is 0.147 e. The van der Waals surface area contributed by atoms with E-state index in [-0.39, 0.29) is 0 Å². The van der Waals surface area contributed by atoms with Gasteiger partial charge in [-0.3, -0.25) is 0 Å². The fourth-order valence-electron chi connectivity index (χ4n) is 0.686. The lowest BCUT2D eigenvalue weighted by molar-refractivity contribution is 0.815. The number of unbranched alkanes of at least 4 members (excludes halogenated alkanes) is 2. The van der Waals surface area contributed by atoms with E-state index < -0.39 is 6.69 Å². The molecule has 0 aliphatic rings. The highest BCUT2D eigenvalue weighted by Gasteiger charge is 2.08. The topological polar surface area (TPSA) is 0 Å². The Hall–Kier alpha value is 0.437. The van der Waals surface area contributed by atoms with Crippen LogP contribution in [0.2, 0.25) is 13.1 Å². The lowest BCUT2D eigenvalue weighted by Crippen LogP contribution is -2.10. The van der Waals surface area contributed by atoms with Gasteiger partial charge in [-0.15, -0.1) is 15.3 Å². The molecule has 0 spiro atoms. The van der Waals surface area contributed by atoms with Gasteiger partial charge in [0.1, 0.15) is 6.69 Å². The smallest absolute Gasteiger partial charge is 0.121 e. The Morgan fingerprint density at radius 2 is 2.00 bits per heavy atom. The summed E-state index contributed by atoms with van der Waals surface area (Å²) in [5.74, 6) is 0. The third kappa shape index (κ3) is 8.44. The van der Waals surface area contributed by atoms with Gasteiger partial charge in [-0.25, -0.2) is 0 Å². The number of rotatable bonds is 4. The second-order valence-electron chi connectivity index (χ2n) is 3.11. The van der Waals surface area contributed by atoms with Crippen molar-refractivity contribution in [3.8, 4) is 0 Å². The van der Waals surface area contributed by atoms with Crippen LogP contribution in [0.1, 0.15) is 26.2 Å². The minimum atomic E-state index is -1.08. The Labute approximate surface area is 73.3 Å². The molecule has 10 heavy (non-hydrogen) atoms. The van der Waals surface area contributed by atoms with E-state index in [0.717, 1.165) is 0 Å². The lowest BCUT2D eigenvalue weighted by atomic mass is 10.2. The first kappa shape index (κ1) is 10.4. The molecule has 0 rings (SSSR count). The summed E-state index contributed by atoms with van der Waals surface area (Å²) in [6.45, 7) is 5.73. The van der Waals surface area contributed by atoms with E-state index in [9.17, 15) is 0 Å². The molecule has 0 heterocycles. The van der Waals surface area contributed by atoms with Crippen LogP contribution in [0.15, 0.2) is 11.8 Å². The van der Waals surface area contributed by atoms with E-state index >= 15 is 0 Å². The van der Waals surface area contributed by atoms with Crippen LogP contribution in [0.4, 0.5) is 0 Å². The Bertz CT molecular complexity index is 102. The fourth-order valence-corrected chi connectivity index (χ4v) is 1.97. The molecule has 0 saturated heterocycles. The van der Waals surface area contributed by atoms with Crippen molar-refractivity contribution in [2.45, 2.75) is 39.3 Å². The summed E-state index contributed by atoms with van der Waals surface area (Å²) in [5, 5.41) is 0. The molecule has 0 amide bonds. The van der Waals surface area contributed by atoms with Crippen LogP contribution in [0, 0.1) is 0 Å². The van der Waals surface area contributed by atoms with E-state index in [1.807, 2.05) is 0 Å². The molecule has 0 aliphatic heterocycles. The molecule has 0 aromatic carbocycles. The lowest BCUT2D eigenvalue weighted by Gasteiger charge is -2.04. The molecule has 2 heteroatoms. The van der Waals surface area contributed by atoms with Crippen molar-refractivity contribution < 1.29 is 0 Å². The average molecular weight is 221 g/mol. The highest BCUT2D eigenvalue weighted by atomic mass is 79.9. The average Bonchev–Trinajstić information content (AvgIpc) is 1.78. The highest BCUT2D eigenvalue weighted by Crippen LogP contribution is 2.12. The summed E-state index contributed by atoms with van der Waals surface area (Å²) in [6, 6.07) is 0. The maximum atomic E-state index is 3.68. The molecule has 0 radical (unpaired) electrons. The SMILES string of the molecule is CCCCC=C[Si](C)(C)Br. The summed E-state index contributed by atoms with van der Waals surface area (Å²) in [4.78, 5) is 0. The van der Waals surface area contributed by atoms with Gasteiger partial charge in [0.25, 0.3) is 0 Å². The second kappa shape index (κ2) is 5.14. The normalized spacial score (nSPS) is 12.8. The zero-order valence-corrected chi connectivity index (χ0v) is 9.74. The Kier molecular flexibility index (Phi) is 5.36. The molecule has 0 nitrogen and oxygen atoms in total. The van der Waals surface area contributed by atoms with Crippen molar-refractivity contribution in [3.05, 3.63) is 11.8 Å². The Morgan fingerprint density at radius 1 is 1.40 bits per heavy atom. The molecule has 0 bridgehead atoms. The second-order valence-corrected chi connectivity index (χ2v) is 12.7. The molecule has 0 atom stereocenters. The van der Waals surface area contributed by atoms with Gasteiger partial charge in [0.2, 0.25) is 0 Å². The molecule has 0 N–H and O–H groups in total. The quantitative estimate of drug-likeness (QED) is 0.384. The zero-order chi connectivity index (χ0) is 8.04. The molecule has 0 aromatic heterocycles. The number of hydrogen-bond acceptors (Lipinski definition) is 0. The summed E-state index contributed by atoms with van der Waals surface area (Å²) in [7, 11) is 0. The van der Waals surface area contributed by atoms with E-state index in [1.54, 1.807) is 0 Å². The van der Waals surface area contributed by atoms with Crippen LogP contribution in [0.5, 0.6) is 0 Å². The van der Waals surface area contributed by atoms with Crippen LogP contribution in [0.3, 0.4) is 0 Å². The molecule has 0 aliphatic carbocycles. The van der Waals surface area contributed by atoms with Crippen molar-refractivity contribution in [2.24, 2.45) is 0 Å². The minimum Gasteiger partial charge on any atom is -0.121 e. The van der Waals surface area contributed by atoms with Gasteiger partial charge in [-0.2, -0.15) is 0 Å². The molecule has 0 fully saturated rings. The Morgan fingerprint density at radius 3 is 2.40 bits per heavy atom. The van der Waals surface area contributed by atoms with Gasteiger partial charge in [-0.1, -0.05) is 44.6 Å².